The number of aryl methyl sites for hydroxylation is 1. The Morgan fingerprint density at radius 2 is 1.72 bits per heavy atom. The molecule has 4 rings (SSSR count). The first-order valence-electron chi connectivity index (χ1n) is 11.1. The number of halogens is 2. The topological polar surface area (TPSA) is 84.9 Å². The molecule has 36 heavy (non-hydrogen) atoms. The first kappa shape index (κ1) is 25.1. The monoisotopic (exact) mass is 552 g/mol. The number of ether oxygens (including phenoxy) is 2. The number of nitrogens with one attached hydrogen (secondary N) is 1. The van der Waals surface area contributed by atoms with Gasteiger partial charge in [0.05, 0.1) is 17.3 Å². The van der Waals surface area contributed by atoms with E-state index in [9.17, 15) is 18.8 Å². The van der Waals surface area contributed by atoms with Gasteiger partial charge < -0.3 is 9.47 Å². The van der Waals surface area contributed by atoms with Gasteiger partial charge in [0, 0.05) is 5.56 Å². The Labute approximate surface area is 215 Å². The number of urea groups is 1. The molecule has 184 valence electrons. The molecule has 1 N–H and O–H groups in total. The van der Waals surface area contributed by atoms with Crippen molar-refractivity contribution in [1.82, 2.24) is 5.32 Å². The van der Waals surface area contributed by atoms with E-state index >= 15 is 0 Å². The molecule has 0 bridgehead atoms. The summed E-state index contributed by atoms with van der Waals surface area (Å²) in [4.78, 5) is 39.4. The maximum atomic E-state index is 14.0. The maximum absolute atomic E-state index is 14.0. The lowest BCUT2D eigenvalue weighted by Crippen LogP contribution is -2.54. The van der Waals surface area contributed by atoms with Crippen LogP contribution < -0.4 is 19.7 Å². The number of imide groups is 2. The van der Waals surface area contributed by atoms with E-state index in [1.165, 1.54) is 19.3 Å². The summed E-state index contributed by atoms with van der Waals surface area (Å²) in [6.45, 7) is 1.88. The predicted molar refractivity (Wildman–Crippen MR) is 136 cm³/mol. The van der Waals surface area contributed by atoms with Gasteiger partial charge in [-0.2, -0.15) is 0 Å². The highest BCUT2D eigenvalue weighted by Crippen LogP contribution is 2.38. The van der Waals surface area contributed by atoms with Crippen LogP contribution in [-0.2, 0) is 22.6 Å². The van der Waals surface area contributed by atoms with E-state index in [1.54, 1.807) is 42.5 Å². The van der Waals surface area contributed by atoms with E-state index < -0.39 is 17.8 Å². The van der Waals surface area contributed by atoms with Gasteiger partial charge in [-0.15, -0.1) is 0 Å². The van der Waals surface area contributed by atoms with Gasteiger partial charge in [-0.1, -0.05) is 43.3 Å². The number of carbonyl (C=O) groups excluding carboxylic acids is 3. The van der Waals surface area contributed by atoms with Crippen molar-refractivity contribution >= 4 is 45.5 Å². The fourth-order valence-electron chi connectivity index (χ4n) is 3.80. The highest BCUT2D eigenvalue weighted by Gasteiger charge is 2.37. The number of rotatable bonds is 7. The van der Waals surface area contributed by atoms with Crippen LogP contribution >= 0.6 is 15.9 Å². The molecule has 1 saturated heterocycles. The van der Waals surface area contributed by atoms with Crippen molar-refractivity contribution in [2.24, 2.45) is 0 Å². The second kappa shape index (κ2) is 10.7. The van der Waals surface area contributed by atoms with Crippen LogP contribution in [0.5, 0.6) is 11.5 Å². The summed E-state index contributed by atoms with van der Waals surface area (Å²) in [7, 11) is 1.44. The summed E-state index contributed by atoms with van der Waals surface area (Å²) >= 11 is 3.42. The third-order valence-electron chi connectivity index (χ3n) is 5.61. The summed E-state index contributed by atoms with van der Waals surface area (Å²) in [5.41, 5.74) is 1.81. The quantitative estimate of drug-likeness (QED) is 0.313. The van der Waals surface area contributed by atoms with Crippen molar-refractivity contribution in [3.63, 3.8) is 0 Å². The summed E-state index contributed by atoms with van der Waals surface area (Å²) < 4.78 is 25.7. The third-order valence-corrected chi connectivity index (χ3v) is 6.20. The van der Waals surface area contributed by atoms with E-state index in [-0.39, 0.29) is 18.0 Å². The minimum absolute atomic E-state index is 0.0309. The van der Waals surface area contributed by atoms with Gasteiger partial charge in [-0.05, 0) is 63.8 Å². The maximum Gasteiger partial charge on any atom is 0.335 e. The van der Waals surface area contributed by atoms with Crippen molar-refractivity contribution in [1.29, 1.82) is 0 Å². The van der Waals surface area contributed by atoms with Gasteiger partial charge >= 0.3 is 6.03 Å². The van der Waals surface area contributed by atoms with E-state index in [0.29, 0.717) is 39.2 Å². The Bertz CT molecular complexity index is 1390. The van der Waals surface area contributed by atoms with Crippen molar-refractivity contribution in [3.8, 4) is 11.5 Å². The third kappa shape index (κ3) is 5.01. The van der Waals surface area contributed by atoms with Crippen LogP contribution in [0, 0.1) is 5.82 Å². The molecule has 4 amide bonds. The first-order valence-corrected chi connectivity index (χ1v) is 11.9. The lowest BCUT2D eigenvalue weighted by molar-refractivity contribution is -0.122. The average molecular weight is 553 g/mol. The Morgan fingerprint density at radius 3 is 2.42 bits per heavy atom. The zero-order valence-corrected chi connectivity index (χ0v) is 21.1. The number of hydrogen-bond acceptors (Lipinski definition) is 5. The molecular weight excluding hydrogens is 531 g/mol. The van der Waals surface area contributed by atoms with Gasteiger partial charge in [0.1, 0.15) is 18.0 Å². The van der Waals surface area contributed by atoms with Crippen LogP contribution in [0.2, 0.25) is 0 Å². The number of barbiturate groups is 1. The molecular formula is C27H22BrFN2O5. The normalized spacial score (nSPS) is 14.7. The van der Waals surface area contributed by atoms with E-state index in [2.05, 4.69) is 21.2 Å². The molecule has 9 heteroatoms. The molecule has 1 aliphatic rings. The number of hydrogen-bond donors (Lipinski definition) is 1. The molecule has 0 aliphatic carbocycles. The highest BCUT2D eigenvalue weighted by molar-refractivity contribution is 9.10. The Morgan fingerprint density at radius 1 is 1.03 bits per heavy atom. The van der Waals surface area contributed by atoms with E-state index in [1.807, 2.05) is 19.1 Å². The Hall–Kier alpha value is -3.98. The summed E-state index contributed by atoms with van der Waals surface area (Å²) in [6.07, 6.45) is 1.97. The zero-order valence-electron chi connectivity index (χ0n) is 19.5. The van der Waals surface area contributed by atoms with Crippen LogP contribution in [0.3, 0.4) is 0 Å². The van der Waals surface area contributed by atoms with Crippen LogP contribution in [0.15, 0.2) is 70.7 Å². The van der Waals surface area contributed by atoms with Crippen molar-refractivity contribution in [2.45, 2.75) is 20.0 Å². The molecule has 1 aliphatic heterocycles. The fourth-order valence-corrected chi connectivity index (χ4v) is 4.37. The van der Waals surface area contributed by atoms with Gasteiger partial charge in [-0.25, -0.2) is 14.1 Å². The number of para-hydroxylation sites is 1. The molecule has 3 aromatic carbocycles. The van der Waals surface area contributed by atoms with Gasteiger partial charge in [0.25, 0.3) is 11.8 Å². The predicted octanol–water partition coefficient (Wildman–Crippen LogP) is 5.40. The summed E-state index contributed by atoms with van der Waals surface area (Å²) in [6, 6.07) is 15.7. The van der Waals surface area contributed by atoms with E-state index in [4.69, 9.17) is 9.47 Å². The molecule has 1 fully saturated rings. The second-order valence-corrected chi connectivity index (χ2v) is 8.71. The molecule has 0 unspecified atom stereocenters. The van der Waals surface area contributed by atoms with Crippen molar-refractivity contribution < 1.29 is 28.2 Å². The molecule has 0 aromatic heterocycles. The molecule has 1 heterocycles. The second-order valence-electron chi connectivity index (χ2n) is 7.85. The molecule has 0 saturated carbocycles. The summed E-state index contributed by atoms with van der Waals surface area (Å²) in [5.74, 6) is -1.29. The largest absolute Gasteiger partial charge is 0.493 e. The lowest BCUT2D eigenvalue weighted by Gasteiger charge is -2.28. The van der Waals surface area contributed by atoms with Crippen LogP contribution in [0.25, 0.3) is 6.08 Å². The number of carbonyl (C=O) groups is 3. The van der Waals surface area contributed by atoms with Crippen LogP contribution in [-0.4, -0.2) is 25.0 Å². The summed E-state index contributed by atoms with van der Waals surface area (Å²) in [5, 5.41) is 2.23. The molecule has 0 spiro atoms. The standard InChI is InChI=1S/C27H22BrFN2O5/c1-3-17-8-5-7-11-22(17)31-26(33)19(25(32)30-27(31)34)12-16-13-20(28)24(23(14-16)35-2)36-15-18-9-4-6-10-21(18)29/h4-14H,3,15H2,1-2H3,(H,30,32,34)/b19-12-. The molecule has 0 radical (unpaired) electrons. The number of anilines is 1. The van der Waals surface area contributed by atoms with E-state index in [0.717, 1.165) is 10.5 Å². The fraction of sp³-hybridized carbons (Fsp3) is 0.148. The minimum Gasteiger partial charge on any atom is -0.493 e. The van der Waals surface area contributed by atoms with Crippen molar-refractivity contribution in [3.05, 3.63) is 93.2 Å². The first-order chi connectivity index (χ1) is 17.3. The van der Waals surface area contributed by atoms with Crippen molar-refractivity contribution in [2.75, 3.05) is 12.0 Å². The number of amides is 4. The Balaban J connectivity index is 1.67. The minimum atomic E-state index is -0.807. The Kier molecular flexibility index (Phi) is 7.49. The lowest BCUT2D eigenvalue weighted by atomic mass is 10.0. The van der Waals surface area contributed by atoms with Crippen LogP contribution in [0.4, 0.5) is 14.9 Å². The highest BCUT2D eigenvalue weighted by atomic mass is 79.9. The van der Waals surface area contributed by atoms with Gasteiger partial charge in [0.2, 0.25) is 0 Å². The SMILES string of the molecule is CCc1ccccc1N1C(=O)NC(=O)/C(=C/c2cc(Br)c(OCc3ccccc3F)c(OC)c2)C1=O. The number of nitrogens with zero attached hydrogens (tertiary/aromatic N) is 1. The zero-order chi connectivity index (χ0) is 25.8. The van der Waals surface area contributed by atoms with Gasteiger partial charge in [-0.3, -0.25) is 14.9 Å². The molecule has 3 aromatic rings. The van der Waals surface area contributed by atoms with Crippen LogP contribution in [0.1, 0.15) is 23.6 Å². The number of methoxy groups -OCH3 is 1. The smallest absolute Gasteiger partial charge is 0.335 e. The average Bonchev–Trinajstić information content (AvgIpc) is 2.86. The molecule has 7 nitrogen and oxygen atoms in total. The number of benzene rings is 3. The van der Waals surface area contributed by atoms with Gasteiger partial charge in [0.15, 0.2) is 11.5 Å². The molecule has 0 atom stereocenters.